The number of carbonyl (C=O) groups excluding carboxylic acids is 1. The van der Waals surface area contributed by atoms with Gasteiger partial charge in [0.05, 0.1) is 5.56 Å². The highest BCUT2D eigenvalue weighted by molar-refractivity contribution is 9.10. The summed E-state index contributed by atoms with van der Waals surface area (Å²) in [6.07, 6.45) is 0. The van der Waals surface area contributed by atoms with Crippen molar-refractivity contribution in [1.82, 2.24) is 5.32 Å². The fraction of sp³-hybridized carbons (Fsp3) is 0.188. The second-order valence-corrected chi connectivity index (χ2v) is 5.56. The average Bonchev–Trinajstić information content (AvgIpc) is 2.47. The molecular formula is C16H15BrFNO. The predicted octanol–water partition coefficient (Wildman–Crippen LogP) is 4.12. The van der Waals surface area contributed by atoms with Gasteiger partial charge in [0.25, 0.3) is 5.91 Å². The number of hydrogen-bond acceptors (Lipinski definition) is 1. The number of amides is 1. The third-order valence-corrected chi connectivity index (χ3v) is 3.60. The SMILES string of the molecule is CC(CNC(=O)c1cc(Br)ccc1F)c1ccccc1. The number of hydrogen-bond donors (Lipinski definition) is 1. The van der Waals surface area contributed by atoms with Gasteiger partial charge in [-0.15, -0.1) is 0 Å². The lowest BCUT2D eigenvalue weighted by atomic mass is 10.0. The fourth-order valence-electron chi connectivity index (χ4n) is 1.91. The maximum Gasteiger partial charge on any atom is 0.254 e. The Morgan fingerprint density at radius 1 is 1.25 bits per heavy atom. The smallest absolute Gasteiger partial charge is 0.254 e. The van der Waals surface area contributed by atoms with Gasteiger partial charge in [0, 0.05) is 11.0 Å². The minimum Gasteiger partial charge on any atom is -0.351 e. The summed E-state index contributed by atoms with van der Waals surface area (Å²) in [6, 6.07) is 14.2. The zero-order chi connectivity index (χ0) is 14.5. The van der Waals surface area contributed by atoms with E-state index < -0.39 is 11.7 Å². The monoisotopic (exact) mass is 335 g/mol. The molecule has 1 unspecified atom stereocenters. The average molecular weight is 336 g/mol. The van der Waals surface area contributed by atoms with Crippen LogP contribution in [0, 0.1) is 5.82 Å². The summed E-state index contributed by atoms with van der Waals surface area (Å²) in [6.45, 7) is 2.49. The van der Waals surface area contributed by atoms with E-state index in [9.17, 15) is 9.18 Å². The molecule has 1 atom stereocenters. The minimum absolute atomic E-state index is 0.0552. The summed E-state index contributed by atoms with van der Waals surface area (Å²) >= 11 is 3.23. The largest absolute Gasteiger partial charge is 0.351 e. The first-order chi connectivity index (χ1) is 9.58. The van der Waals surface area contributed by atoms with Crippen LogP contribution in [0.1, 0.15) is 28.8 Å². The molecule has 0 saturated carbocycles. The van der Waals surface area contributed by atoms with Gasteiger partial charge in [-0.1, -0.05) is 53.2 Å². The van der Waals surface area contributed by atoms with Crippen LogP contribution in [0.25, 0.3) is 0 Å². The van der Waals surface area contributed by atoms with Crippen LogP contribution in [0.3, 0.4) is 0 Å². The maximum absolute atomic E-state index is 13.6. The van der Waals surface area contributed by atoms with Crippen LogP contribution in [0.4, 0.5) is 4.39 Å². The first-order valence-corrected chi connectivity index (χ1v) is 7.15. The lowest BCUT2D eigenvalue weighted by molar-refractivity contribution is 0.0947. The van der Waals surface area contributed by atoms with Crippen LogP contribution in [0.2, 0.25) is 0 Å². The highest BCUT2D eigenvalue weighted by atomic mass is 79.9. The van der Waals surface area contributed by atoms with Crippen LogP contribution >= 0.6 is 15.9 Å². The number of rotatable bonds is 4. The standard InChI is InChI=1S/C16H15BrFNO/c1-11(12-5-3-2-4-6-12)10-19-16(20)14-9-13(17)7-8-15(14)18/h2-9,11H,10H2,1H3,(H,19,20). The molecule has 0 bridgehead atoms. The molecule has 4 heteroatoms. The highest BCUT2D eigenvalue weighted by Crippen LogP contribution is 2.16. The van der Waals surface area contributed by atoms with Gasteiger partial charge in [0.15, 0.2) is 0 Å². The van der Waals surface area contributed by atoms with Crippen LogP contribution in [-0.4, -0.2) is 12.5 Å². The van der Waals surface area contributed by atoms with E-state index in [1.54, 1.807) is 6.07 Å². The molecule has 2 aromatic carbocycles. The van der Waals surface area contributed by atoms with E-state index in [2.05, 4.69) is 21.2 Å². The Labute approximate surface area is 126 Å². The molecule has 0 saturated heterocycles. The third kappa shape index (κ3) is 3.67. The lowest BCUT2D eigenvalue weighted by Gasteiger charge is -2.13. The number of halogens is 2. The first-order valence-electron chi connectivity index (χ1n) is 6.36. The van der Waals surface area contributed by atoms with Crippen molar-refractivity contribution in [2.24, 2.45) is 0 Å². The van der Waals surface area contributed by atoms with Crippen molar-refractivity contribution in [2.75, 3.05) is 6.54 Å². The predicted molar refractivity (Wildman–Crippen MR) is 81.3 cm³/mol. The van der Waals surface area contributed by atoms with Gasteiger partial charge >= 0.3 is 0 Å². The molecule has 20 heavy (non-hydrogen) atoms. The second kappa shape index (κ2) is 6.66. The fourth-order valence-corrected chi connectivity index (χ4v) is 2.27. The van der Waals surface area contributed by atoms with Crippen LogP contribution in [0.15, 0.2) is 53.0 Å². The molecule has 0 spiro atoms. The van der Waals surface area contributed by atoms with E-state index in [0.717, 1.165) is 5.56 Å². The molecule has 0 fully saturated rings. The van der Waals surface area contributed by atoms with Crippen molar-refractivity contribution >= 4 is 21.8 Å². The molecule has 0 aliphatic rings. The molecule has 2 nitrogen and oxygen atoms in total. The van der Waals surface area contributed by atoms with E-state index in [-0.39, 0.29) is 11.5 Å². The zero-order valence-corrected chi connectivity index (χ0v) is 12.7. The minimum atomic E-state index is -0.516. The highest BCUT2D eigenvalue weighted by Gasteiger charge is 2.13. The second-order valence-electron chi connectivity index (χ2n) is 4.65. The van der Waals surface area contributed by atoms with Gasteiger partial charge < -0.3 is 5.32 Å². The first kappa shape index (κ1) is 14.7. The van der Waals surface area contributed by atoms with Crippen LogP contribution in [-0.2, 0) is 0 Å². The molecule has 0 aliphatic heterocycles. The summed E-state index contributed by atoms with van der Waals surface area (Å²) in [7, 11) is 0. The Balaban J connectivity index is 2.00. The molecule has 2 rings (SSSR count). The zero-order valence-electron chi connectivity index (χ0n) is 11.1. The molecule has 0 heterocycles. The van der Waals surface area contributed by atoms with Gasteiger partial charge in [-0.2, -0.15) is 0 Å². The molecular weight excluding hydrogens is 321 g/mol. The van der Waals surface area contributed by atoms with Gasteiger partial charge in [0.1, 0.15) is 5.82 Å². The summed E-state index contributed by atoms with van der Waals surface area (Å²) in [5.41, 5.74) is 1.20. The lowest BCUT2D eigenvalue weighted by Crippen LogP contribution is -2.28. The molecule has 104 valence electrons. The van der Waals surface area contributed by atoms with E-state index in [1.165, 1.54) is 12.1 Å². The number of nitrogens with one attached hydrogen (secondary N) is 1. The molecule has 0 radical (unpaired) electrons. The summed E-state index contributed by atoms with van der Waals surface area (Å²) < 4.78 is 14.3. The van der Waals surface area contributed by atoms with Gasteiger partial charge in [0.2, 0.25) is 0 Å². The van der Waals surface area contributed by atoms with Crippen molar-refractivity contribution in [3.05, 3.63) is 69.9 Å². The van der Waals surface area contributed by atoms with Crippen LogP contribution in [0.5, 0.6) is 0 Å². The van der Waals surface area contributed by atoms with E-state index >= 15 is 0 Å². The summed E-state index contributed by atoms with van der Waals surface area (Å²) in [5.74, 6) is -0.736. The number of benzene rings is 2. The Morgan fingerprint density at radius 2 is 1.95 bits per heavy atom. The Kier molecular flexibility index (Phi) is 4.90. The van der Waals surface area contributed by atoms with Crippen molar-refractivity contribution in [1.29, 1.82) is 0 Å². The van der Waals surface area contributed by atoms with E-state index in [4.69, 9.17) is 0 Å². The topological polar surface area (TPSA) is 29.1 Å². The Hall–Kier alpha value is -1.68. The van der Waals surface area contributed by atoms with Crippen molar-refractivity contribution in [3.63, 3.8) is 0 Å². The normalized spacial score (nSPS) is 11.9. The molecule has 0 aromatic heterocycles. The Morgan fingerprint density at radius 3 is 2.65 bits per heavy atom. The Bertz CT molecular complexity index is 601. The van der Waals surface area contributed by atoms with E-state index in [1.807, 2.05) is 37.3 Å². The van der Waals surface area contributed by atoms with Gasteiger partial charge in [-0.05, 0) is 29.7 Å². The summed E-state index contributed by atoms with van der Waals surface area (Å²) in [5, 5.41) is 2.77. The van der Waals surface area contributed by atoms with Crippen molar-refractivity contribution < 1.29 is 9.18 Å². The molecule has 1 amide bonds. The quantitative estimate of drug-likeness (QED) is 0.894. The van der Waals surface area contributed by atoms with Gasteiger partial charge in [-0.25, -0.2) is 4.39 Å². The van der Waals surface area contributed by atoms with Crippen molar-refractivity contribution in [2.45, 2.75) is 12.8 Å². The molecule has 1 N–H and O–H groups in total. The maximum atomic E-state index is 13.6. The third-order valence-electron chi connectivity index (χ3n) is 3.11. The number of carbonyl (C=O) groups is 1. The van der Waals surface area contributed by atoms with Crippen molar-refractivity contribution in [3.8, 4) is 0 Å². The molecule has 2 aromatic rings. The van der Waals surface area contributed by atoms with E-state index in [0.29, 0.717) is 11.0 Å². The molecule has 0 aliphatic carbocycles. The van der Waals surface area contributed by atoms with Gasteiger partial charge in [-0.3, -0.25) is 4.79 Å². The summed E-state index contributed by atoms with van der Waals surface area (Å²) in [4.78, 5) is 12.0. The van der Waals surface area contributed by atoms with Crippen LogP contribution < -0.4 is 5.32 Å².